The molecule has 4 rings (SSSR count). The highest BCUT2D eigenvalue weighted by atomic mass is 16.5. The molecule has 3 aromatic rings. The van der Waals surface area contributed by atoms with E-state index in [1.165, 1.54) is 12.1 Å². The highest BCUT2D eigenvalue weighted by molar-refractivity contribution is 5.99. The maximum Gasteiger partial charge on any atom is 0.336 e. The first kappa shape index (κ1) is 15.4. The molecule has 1 aliphatic rings. The molecule has 0 aliphatic carbocycles. The van der Waals surface area contributed by atoms with E-state index in [-0.39, 0.29) is 5.78 Å². The van der Waals surface area contributed by atoms with Gasteiger partial charge in [0, 0.05) is 29.0 Å². The van der Waals surface area contributed by atoms with Gasteiger partial charge in [-0.3, -0.25) is 4.79 Å². The minimum Gasteiger partial charge on any atom is -0.479 e. The Labute approximate surface area is 143 Å². The molecule has 0 radical (unpaired) electrons. The monoisotopic (exact) mass is 336 g/mol. The van der Waals surface area contributed by atoms with E-state index < -0.39 is 11.2 Å². The summed E-state index contributed by atoms with van der Waals surface area (Å²) in [4.78, 5) is 23.2. The normalized spacial score (nSPS) is 17.2. The number of hydrogen-bond acceptors (Lipinski definition) is 5. The number of carbonyl (C=O) groups is 1. The highest BCUT2D eigenvalue weighted by Gasteiger charge is 2.35. The lowest BCUT2D eigenvalue weighted by atomic mass is 10.1. The third kappa shape index (κ3) is 2.67. The van der Waals surface area contributed by atoms with Crippen molar-refractivity contribution in [3.8, 4) is 0 Å². The molecule has 0 amide bonds. The van der Waals surface area contributed by atoms with Crippen molar-refractivity contribution >= 4 is 33.8 Å². The summed E-state index contributed by atoms with van der Waals surface area (Å²) < 4.78 is 16.7. The Kier molecular flexibility index (Phi) is 3.22. The molecular formula is C20H16O5. The van der Waals surface area contributed by atoms with E-state index in [9.17, 15) is 9.59 Å². The third-order valence-electron chi connectivity index (χ3n) is 4.25. The zero-order valence-electron chi connectivity index (χ0n) is 14.1. The molecule has 126 valence electrons. The maximum absolute atomic E-state index is 11.9. The average Bonchev–Trinajstić information content (AvgIpc) is 3.04. The van der Waals surface area contributed by atoms with E-state index in [4.69, 9.17) is 13.6 Å². The summed E-state index contributed by atoms with van der Waals surface area (Å²) >= 11 is 0. The average molecular weight is 336 g/mol. The van der Waals surface area contributed by atoms with Gasteiger partial charge >= 0.3 is 5.63 Å². The second kappa shape index (κ2) is 5.21. The maximum atomic E-state index is 11.9. The van der Waals surface area contributed by atoms with Crippen molar-refractivity contribution in [3.63, 3.8) is 0 Å². The quantitative estimate of drug-likeness (QED) is 0.656. The van der Waals surface area contributed by atoms with E-state index in [2.05, 4.69) is 0 Å². The first-order valence-corrected chi connectivity index (χ1v) is 7.93. The molecule has 25 heavy (non-hydrogen) atoms. The number of fused-ring (bicyclic) bond motifs is 2. The molecule has 0 atom stereocenters. The summed E-state index contributed by atoms with van der Waals surface area (Å²) in [6.07, 6.45) is 3.33. The molecule has 0 saturated carbocycles. The Bertz CT molecular complexity index is 1140. The SMILES string of the molecule is C/C(=C/c1cc2cc3ccc(=O)oc3cc2o1)C1=CC(=O)C(C)(C)O1. The topological polar surface area (TPSA) is 69.7 Å². The summed E-state index contributed by atoms with van der Waals surface area (Å²) in [6, 6.07) is 8.62. The van der Waals surface area contributed by atoms with E-state index in [0.717, 1.165) is 16.3 Å². The predicted molar refractivity (Wildman–Crippen MR) is 94.2 cm³/mol. The predicted octanol–water partition coefficient (Wildman–Crippen LogP) is 4.20. The van der Waals surface area contributed by atoms with Crippen LogP contribution in [0.2, 0.25) is 0 Å². The first-order chi connectivity index (χ1) is 11.8. The molecule has 0 N–H and O–H groups in total. The van der Waals surface area contributed by atoms with Crippen LogP contribution in [-0.4, -0.2) is 11.4 Å². The van der Waals surface area contributed by atoms with Crippen LogP contribution in [0.25, 0.3) is 28.0 Å². The van der Waals surface area contributed by atoms with Crippen LogP contribution in [0.5, 0.6) is 0 Å². The van der Waals surface area contributed by atoms with E-state index in [1.807, 2.05) is 25.1 Å². The Morgan fingerprint density at radius 2 is 1.76 bits per heavy atom. The molecule has 1 aromatic carbocycles. The van der Waals surface area contributed by atoms with Gasteiger partial charge in [0.1, 0.15) is 22.7 Å². The fraction of sp³-hybridized carbons (Fsp3) is 0.200. The lowest BCUT2D eigenvalue weighted by molar-refractivity contribution is -0.126. The van der Waals surface area contributed by atoms with Gasteiger partial charge in [-0.2, -0.15) is 0 Å². The second-order valence-corrected chi connectivity index (χ2v) is 6.64. The van der Waals surface area contributed by atoms with E-state index in [0.29, 0.717) is 22.7 Å². The van der Waals surface area contributed by atoms with Crippen molar-refractivity contribution in [1.82, 2.24) is 0 Å². The molecule has 5 heteroatoms. The van der Waals surface area contributed by atoms with Gasteiger partial charge in [-0.05, 0) is 50.6 Å². The first-order valence-electron chi connectivity index (χ1n) is 7.93. The number of ether oxygens (including phenoxy) is 1. The summed E-state index contributed by atoms with van der Waals surface area (Å²) in [5.41, 5.74) is 0.684. The number of allylic oxidation sites excluding steroid dienone is 1. The minimum atomic E-state index is -0.826. The van der Waals surface area contributed by atoms with Crippen LogP contribution < -0.4 is 5.63 Å². The van der Waals surface area contributed by atoms with Crippen LogP contribution in [-0.2, 0) is 9.53 Å². The summed E-state index contributed by atoms with van der Waals surface area (Å²) in [5.74, 6) is 1.12. The van der Waals surface area contributed by atoms with Gasteiger partial charge in [0.15, 0.2) is 5.60 Å². The van der Waals surface area contributed by atoms with E-state index >= 15 is 0 Å². The van der Waals surface area contributed by atoms with E-state index in [1.54, 1.807) is 26.0 Å². The van der Waals surface area contributed by atoms with Crippen molar-refractivity contribution in [3.05, 3.63) is 63.9 Å². The van der Waals surface area contributed by atoms with Crippen LogP contribution in [0.4, 0.5) is 0 Å². The molecular weight excluding hydrogens is 320 g/mol. The lowest BCUT2D eigenvalue weighted by Crippen LogP contribution is -2.27. The second-order valence-electron chi connectivity index (χ2n) is 6.64. The van der Waals surface area contributed by atoms with Crippen molar-refractivity contribution in [2.24, 2.45) is 0 Å². The Balaban J connectivity index is 1.74. The van der Waals surface area contributed by atoms with Crippen molar-refractivity contribution in [2.45, 2.75) is 26.4 Å². The number of carbonyl (C=O) groups excluding carboxylic acids is 1. The largest absolute Gasteiger partial charge is 0.479 e. The Morgan fingerprint density at radius 1 is 1.00 bits per heavy atom. The number of hydrogen-bond donors (Lipinski definition) is 0. The minimum absolute atomic E-state index is 0.0545. The van der Waals surface area contributed by atoms with Gasteiger partial charge in [0.2, 0.25) is 5.78 Å². The Hall–Kier alpha value is -3.08. The smallest absolute Gasteiger partial charge is 0.336 e. The molecule has 0 saturated heterocycles. The molecule has 0 fully saturated rings. The summed E-state index contributed by atoms with van der Waals surface area (Å²) in [7, 11) is 0. The van der Waals surface area contributed by atoms with Crippen molar-refractivity contribution < 1.29 is 18.4 Å². The number of benzene rings is 1. The fourth-order valence-electron chi connectivity index (χ4n) is 2.82. The number of rotatable bonds is 2. The van der Waals surface area contributed by atoms with Gasteiger partial charge in [0.05, 0.1) is 0 Å². The molecule has 0 spiro atoms. The van der Waals surface area contributed by atoms with Gasteiger partial charge in [-0.1, -0.05) is 0 Å². The number of furan rings is 1. The van der Waals surface area contributed by atoms with Gasteiger partial charge in [0.25, 0.3) is 0 Å². The van der Waals surface area contributed by atoms with Gasteiger partial charge < -0.3 is 13.6 Å². The zero-order chi connectivity index (χ0) is 17.8. The molecule has 0 unspecified atom stereocenters. The van der Waals surface area contributed by atoms with Crippen molar-refractivity contribution in [2.75, 3.05) is 0 Å². The molecule has 2 aromatic heterocycles. The molecule has 1 aliphatic heterocycles. The molecule has 0 bridgehead atoms. The fourth-order valence-corrected chi connectivity index (χ4v) is 2.82. The van der Waals surface area contributed by atoms with Crippen LogP contribution in [0.15, 0.2) is 61.4 Å². The van der Waals surface area contributed by atoms with Gasteiger partial charge in [-0.25, -0.2) is 4.79 Å². The van der Waals surface area contributed by atoms with Crippen molar-refractivity contribution in [1.29, 1.82) is 0 Å². The lowest BCUT2D eigenvalue weighted by Gasteiger charge is -2.18. The summed E-state index contributed by atoms with van der Waals surface area (Å²) in [6.45, 7) is 5.35. The Morgan fingerprint density at radius 3 is 2.48 bits per heavy atom. The third-order valence-corrected chi connectivity index (χ3v) is 4.25. The van der Waals surface area contributed by atoms with Crippen LogP contribution in [0, 0.1) is 0 Å². The molecule has 3 heterocycles. The van der Waals surface area contributed by atoms with Crippen LogP contribution in [0.1, 0.15) is 26.5 Å². The van der Waals surface area contributed by atoms with Crippen LogP contribution >= 0.6 is 0 Å². The standard InChI is InChI=1S/C20H16O5/c1-11(15-10-18(21)20(2,3)25-15)6-14-8-13-7-12-4-5-19(22)24-16(12)9-17(13)23-14/h4-10H,1-3H3/b11-6-. The highest BCUT2D eigenvalue weighted by Crippen LogP contribution is 2.31. The molecule has 5 nitrogen and oxygen atoms in total. The van der Waals surface area contributed by atoms with Crippen LogP contribution in [0.3, 0.4) is 0 Å². The summed E-state index contributed by atoms with van der Waals surface area (Å²) in [5, 5.41) is 1.73. The number of ketones is 1. The van der Waals surface area contributed by atoms with Gasteiger partial charge in [-0.15, -0.1) is 0 Å². The zero-order valence-corrected chi connectivity index (χ0v) is 14.1.